The number of fused-ring (bicyclic) bond motifs is 1. The zero-order valence-electron chi connectivity index (χ0n) is 11.0. The fourth-order valence-electron chi connectivity index (χ4n) is 1.82. The fourth-order valence-corrected chi connectivity index (χ4v) is 1.82. The van der Waals surface area contributed by atoms with Gasteiger partial charge in [0, 0.05) is 5.56 Å². The number of carbonyl (C=O) groups is 2. The zero-order valence-corrected chi connectivity index (χ0v) is 11.0. The highest BCUT2D eigenvalue weighted by atomic mass is 16.6. The maximum Gasteiger partial charge on any atom is 0.316 e. The SMILES string of the molecule is CCOC(=O)[C@H](C)C(=O)c1ccc2c(c1)OCCO2. The van der Waals surface area contributed by atoms with Crippen LogP contribution in [-0.2, 0) is 9.53 Å². The molecule has 102 valence electrons. The Morgan fingerprint density at radius 2 is 1.95 bits per heavy atom. The van der Waals surface area contributed by atoms with Gasteiger partial charge >= 0.3 is 5.97 Å². The molecule has 0 amide bonds. The van der Waals surface area contributed by atoms with Gasteiger partial charge in [0.25, 0.3) is 0 Å². The van der Waals surface area contributed by atoms with Crippen molar-refractivity contribution in [2.75, 3.05) is 19.8 Å². The third-order valence-electron chi connectivity index (χ3n) is 2.86. The lowest BCUT2D eigenvalue weighted by atomic mass is 9.99. The number of esters is 1. The van der Waals surface area contributed by atoms with Crippen molar-refractivity contribution in [2.24, 2.45) is 5.92 Å². The van der Waals surface area contributed by atoms with E-state index in [9.17, 15) is 9.59 Å². The smallest absolute Gasteiger partial charge is 0.316 e. The first kappa shape index (κ1) is 13.4. The van der Waals surface area contributed by atoms with Gasteiger partial charge in [-0.1, -0.05) is 0 Å². The average molecular weight is 264 g/mol. The minimum atomic E-state index is -0.817. The molecule has 19 heavy (non-hydrogen) atoms. The first-order chi connectivity index (χ1) is 9.13. The molecule has 0 bridgehead atoms. The fraction of sp³-hybridized carbons (Fsp3) is 0.429. The number of rotatable bonds is 4. The van der Waals surface area contributed by atoms with E-state index in [2.05, 4.69) is 0 Å². The van der Waals surface area contributed by atoms with Gasteiger partial charge in [-0.25, -0.2) is 0 Å². The number of ether oxygens (including phenoxy) is 3. The molecule has 0 N–H and O–H groups in total. The van der Waals surface area contributed by atoms with Crippen LogP contribution in [0.5, 0.6) is 11.5 Å². The average Bonchev–Trinajstić information content (AvgIpc) is 2.45. The molecule has 1 aromatic rings. The van der Waals surface area contributed by atoms with Crippen molar-refractivity contribution in [1.82, 2.24) is 0 Å². The van der Waals surface area contributed by atoms with Gasteiger partial charge < -0.3 is 14.2 Å². The lowest BCUT2D eigenvalue weighted by Gasteiger charge is -2.19. The Labute approximate surface area is 111 Å². The first-order valence-corrected chi connectivity index (χ1v) is 6.24. The van der Waals surface area contributed by atoms with Crippen LogP contribution in [0, 0.1) is 5.92 Å². The Hall–Kier alpha value is -2.04. The Balaban J connectivity index is 2.17. The molecule has 1 aromatic carbocycles. The molecule has 0 aliphatic carbocycles. The first-order valence-electron chi connectivity index (χ1n) is 6.24. The van der Waals surface area contributed by atoms with E-state index in [1.165, 1.54) is 6.92 Å². The van der Waals surface area contributed by atoms with Crippen LogP contribution in [0.2, 0.25) is 0 Å². The van der Waals surface area contributed by atoms with Crippen molar-refractivity contribution in [3.8, 4) is 11.5 Å². The minimum absolute atomic E-state index is 0.262. The summed E-state index contributed by atoms with van der Waals surface area (Å²) in [4.78, 5) is 23.7. The van der Waals surface area contributed by atoms with E-state index in [0.29, 0.717) is 30.3 Å². The van der Waals surface area contributed by atoms with Crippen LogP contribution in [0.4, 0.5) is 0 Å². The van der Waals surface area contributed by atoms with Crippen LogP contribution >= 0.6 is 0 Å². The molecule has 1 aliphatic rings. The summed E-state index contributed by atoms with van der Waals surface area (Å²) in [6.45, 7) is 4.46. The normalized spacial score (nSPS) is 14.6. The van der Waals surface area contributed by atoms with Gasteiger partial charge in [0.2, 0.25) is 0 Å². The van der Waals surface area contributed by atoms with E-state index in [0.717, 1.165) is 0 Å². The Kier molecular flexibility index (Phi) is 4.04. The van der Waals surface area contributed by atoms with Crippen molar-refractivity contribution in [2.45, 2.75) is 13.8 Å². The van der Waals surface area contributed by atoms with E-state index in [1.807, 2.05) is 0 Å². The Morgan fingerprint density at radius 1 is 1.26 bits per heavy atom. The monoisotopic (exact) mass is 264 g/mol. The largest absolute Gasteiger partial charge is 0.486 e. The predicted octanol–water partition coefficient (Wildman–Crippen LogP) is 1.84. The third-order valence-corrected chi connectivity index (χ3v) is 2.86. The Bertz CT molecular complexity index is 495. The summed E-state index contributed by atoms with van der Waals surface area (Å²) in [6.07, 6.45) is 0. The number of benzene rings is 1. The number of ketones is 1. The highest BCUT2D eigenvalue weighted by Gasteiger charge is 2.25. The maximum absolute atomic E-state index is 12.1. The number of Topliss-reactive ketones (excluding diaryl/α,β-unsaturated/α-hetero) is 1. The van der Waals surface area contributed by atoms with Crippen molar-refractivity contribution in [3.63, 3.8) is 0 Å². The van der Waals surface area contributed by atoms with Crippen molar-refractivity contribution in [3.05, 3.63) is 23.8 Å². The number of hydrogen-bond acceptors (Lipinski definition) is 5. The Morgan fingerprint density at radius 3 is 2.63 bits per heavy atom. The lowest BCUT2D eigenvalue weighted by Crippen LogP contribution is -2.24. The summed E-state index contributed by atoms with van der Waals surface area (Å²) >= 11 is 0. The molecule has 0 aromatic heterocycles. The summed E-state index contributed by atoms with van der Waals surface area (Å²) < 4.78 is 15.6. The van der Waals surface area contributed by atoms with E-state index < -0.39 is 11.9 Å². The second kappa shape index (κ2) is 5.73. The van der Waals surface area contributed by atoms with E-state index in [1.54, 1.807) is 25.1 Å². The van der Waals surface area contributed by atoms with Gasteiger partial charge in [-0.15, -0.1) is 0 Å². The molecule has 5 heteroatoms. The van der Waals surface area contributed by atoms with E-state index in [-0.39, 0.29) is 12.4 Å². The minimum Gasteiger partial charge on any atom is -0.486 e. The van der Waals surface area contributed by atoms with E-state index >= 15 is 0 Å². The lowest BCUT2D eigenvalue weighted by molar-refractivity contribution is -0.145. The highest BCUT2D eigenvalue weighted by molar-refractivity contribution is 6.08. The van der Waals surface area contributed by atoms with Crippen molar-refractivity contribution in [1.29, 1.82) is 0 Å². The standard InChI is InChI=1S/C14H16O5/c1-3-17-14(16)9(2)13(15)10-4-5-11-12(8-10)19-7-6-18-11/h4-5,8-9H,3,6-7H2,1-2H3/t9-/m1/s1. The summed E-state index contributed by atoms with van der Waals surface area (Å²) in [5.74, 6) is -0.458. The van der Waals surface area contributed by atoms with Gasteiger partial charge in [0.05, 0.1) is 6.61 Å². The molecule has 5 nitrogen and oxygen atoms in total. The molecule has 0 radical (unpaired) electrons. The molecule has 0 saturated heterocycles. The predicted molar refractivity (Wildman–Crippen MR) is 67.6 cm³/mol. The van der Waals surface area contributed by atoms with Crippen LogP contribution in [0.15, 0.2) is 18.2 Å². The van der Waals surface area contributed by atoms with Gasteiger partial charge in [0.15, 0.2) is 17.3 Å². The van der Waals surface area contributed by atoms with Gasteiger partial charge in [0.1, 0.15) is 19.1 Å². The summed E-state index contributed by atoms with van der Waals surface area (Å²) in [7, 11) is 0. The topological polar surface area (TPSA) is 61.8 Å². The zero-order chi connectivity index (χ0) is 13.8. The molecule has 2 rings (SSSR count). The van der Waals surface area contributed by atoms with Crippen molar-refractivity contribution >= 4 is 11.8 Å². The molecule has 0 spiro atoms. The second-order valence-electron chi connectivity index (χ2n) is 4.20. The molecule has 0 unspecified atom stereocenters. The quantitative estimate of drug-likeness (QED) is 0.472. The van der Waals surface area contributed by atoms with Crippen LogP contribution in [0.1, 0.15) is 24.2 Å². The van der Waals surface area contributed by atoms with Gasteiger partial charge in [-0.05, 0) is 32.0 Å². The third kappa shape index (κ3) is 2.86. The van der Waals surface area contributed by atoms with Gasteiger partial charge in [-0.2, -0.15) is 0 Å². The van der Waals surface area contributed by atoms with Gasteiger partial charge in [-0.3, -0.25) is 9.59 Å². The molecule has 1 atom stereocenters. The molecule has 1 aliphatic heterocycles. The molecule has 0 fully saturated rings. The number of hydrogen-bond donors (Lipinski definition) is 0. The summed E-state index contributed by atoms with van der Waals surface area (Å²) in [5.41, 5.74) is 0.421. The molecular weight excluding hydrogens is 248 g/mol. The second-order valence-corrected chi connectivity index (χ2v) is 4.20. The molecular formula is C14H16O5. The van der Waals surface area contributed by atoms with Crippen LogP contribution in [0.3, 0.4) is 0 Å². The molecule has 1 heterocycles. The number of carbonyl (C=O) groups excluding carboxylic acids is 2. The van der Waals surface area contributed by atoms with E-state index in [4.69, 9.17) is 14.2 Å². The van der Waals surface area contributed by atoms with Crippen molar-refractivity contribution < 1.29 is 23.8 Å². The van der Waals surface area contributed by atoms with Crippen LogP contribution < -0.4 is 9.47 Å². The maximum atomic E-state index is 12.1. The highest BCUT2D eigenvalue weighted by Crippen LogP contribution is 2.31. The molecule has 0 saturated carbocycles. The van der Waals surface area contributed by atoms with Crippen LogP contribution in [-0.4, -0.2) is 31.6 Å². The van der Waals surface area contributed by atoms with Crippen LogP contribution in [0.25, 0.3) is 0 Å². The summed E-state index contributed by atoms with van der Waals surface area (Å²) in [5, 5.41) is 0. The summed E-state index contributed by atoms with van der Waals surface area (Å²) in [6, 6.07) is 4.91.